The fraction of sp³-hybridized carbons (Fsp3) is 0.609. The molecular formula is C23H31ClF3N9O2. The lowest BCUT2D eigenvalue weighted by Gasteiger charge is -2.38. The number of ether oxygens (including phenoxy) is 1. The number of nitrogens with zero attached hydrogens (tertiary/aromatic N) is 7. The van der Waals surface area contributed by atoms with Gasteiger partial charge in [-0.2, -0.15) is 18.2 Å². The summed E-state index contributed by atoms with van der Waals surface area (Å²) in [6.07, 6.45) is -0.511. The van der Waals surface area contributed by atoms with Gasteiger partial charge in [-0.25, -0.2) is 15.0 Å². The SMILES string of the molecule is C[C@]1(N2CCc3c(-c4cnc(N)nc4)nc(N4CCOCC4)nc32)CCN(C(=O)[C@@](C)(N)C(F)(F)F)C1.Cl. The summed E-state index contributed by atoms with van der Waals surface area (Å²) in [7, 11) is 0. The first-order valence-corrected chi connectivity index (χ1v) is 12.1. The Morgan fingerprint density at radius 2 is 1.76 bits per heavy atom. The number of amides is 1. The third kappa shape index (κ3) is 4.80. The van der Waals surface area contributed by atoms with Crippen LogP contribution < -0.4 is 21.3 Å². The van der Waals surface area contributed by atoms with Crippen molar-refractivity contribution < 1.29 is 22.7 Å². The van der Waals surface area contributed by atoms with Gasteiger partial charge in [-0.05, 0) is 26.7 Å². The number of carbonyl (C=O) groups is 1. The standard InChI is InChI=1S/C23H30F3N9O2.ClH/c1-21(4-6-34(13-21)18(36)22(2,28)23(24,25)26)35-5-3-15-16(14-11-29-19(27)30-12-14)31-20(32-17(15)35)33-7-9-37-10-8-33;/h11-12H,3-10,13,28H2,1-2H3,(H2,27,29,30);1H/t21-,22+;/m0./s1. The molecule has 15 heteroatoms. The minimum Gasteiger partial charge on any atom is -0.378 e. The van der Waals surface area contributed by atoms with Gasteiger partial charge in [0.05, 0.1) is 24.4 Å². The van der Waals surface area contributed by atoms with E-state index in [9.17, 15) is 18.0 Å². The number of carbonyl (C=O) groups excluding carboxylic acids is 1. The number of aromatic nitrogens is 4. The fourth-order valence-electron chi connectivity index (χ4n) is 5.16. The monoisotopic (exact) mass is 557 g/mol. The predicted octanol–water partition coefficient (Wildman–Crippen LogP) is 1.41. The zero-order valence-corrected chi connectivity index (χ0v) is 22.0. The number of rotatable bonds is 4. The molecule has 0 radical (unpaired) electrons. The highest BCUT2D eigenvalue weighted by atomic mass is 35.5. The van der Waals surface area contributed by atoms with Crippen molar-refractivity contribution in [3.63, 3.8) is 0 Å². The second-order valence-corrected chi connectivity index (χ2v) is 10.2. The molecule has 0 saturated carbocycles. The van der Waals surface area contributed by atoms with Crippen molar-refractivity contribution >= 4 is 36.0 Å². The number of fused-ring (bicyclic) bond motifs is 1. The highest BCUT2D eigenvalue weighted by Gasteiger charge is 2.57. The van der Waals surface area contributed by atoms with E-state index >= 15 is 0 Å². The van der Waals surface area contributed by atoms with Crippen LogP contribution in [0.3, 0.4) is 0 Å². The topological polar surface area (TPSA) is 140 Å². The average Bonchev–Trinajstić information content (AvgIpc) is 3.48. The minimum atomic E-state index is -4.85. The van der Waals surface area contributed by atoms with E-state index in [1.54, 1.807) is 12.4 Å². The number of morpholine rings is 1. The van der Waals surface area contributed by atoms with E-state index in [0.717, 1.165) is 12.5 Å². The van der Waals surface area contributed by atoms with E-state index in [2.05, 4.69) is 14.9 Å². The van der Waals surface area contributed by atoms with Crippen LogP contribution in [0.4, 0.5) is 30.9 Å². The highest BCUT2D eigenvalue weighted by molar-refractivity contribution is 5.87. The molecule has 0 aliphatic carbocycles. The van der Waals surface area contributed by atoms with Crippen LogP contribution >= 0.6 is 12.4 Å². The van der Waals surface area contributed by atoms with Crippen LogP contribution in [-0.4, -0.2) is 93.9 Å². The molecule has 3 aliphatic rings. The summed E-state index contributed by atoms with van der Waals surface area (Å²) >= 11 is 0. The number of likely N-dealkylation sites (tertiary alicyclic amines) is 1. The summed E-state index contributed by atoms with van der Waals surface area (Å²) in [5.74, 6) is 0.256. The van der Waals surface area contributed by atoms with Crippen LogP contribution in [-0.2, 0) is 16.0 Å². The molecule has 208 valence electrons. The molecule has 0 spiro atoms. The maximum absolute atomic E-state index is 13.4. The van der Waals surface area contributed by atoms with Gasteiger partial charge in [0.2, 0.25) is 11.9 Å². The lowest BCUT2D eigenvalue weighted by atomic mass is 9.98. The number of nitrogen functional groups attached to an aromatic ring is 1. The normalized spacial score (nSPS) is 23.2. The zero-order chi connectivity index (χ0) is 26.6. The maximum Gasteiger partial charge on any atom is 0.415 e. The van der Waals surface area contributed by atoms with E-state index in [1.165, 1.54) is 4.90 Å². The first-order valence-electron chi connectivity index (χ1n) is 12.1. The smallest absolute Gasteiger partial charge is 0.378 e. The van der Waals surface area contributed by atoms with Crippen molar-refractivity contribution in [3.05, 3.63) is 18.0 Å². The van der Waals surface area contributed by atoms with Crippen LogP contribution in [0.2, 0.25) is 0 Å². The van der Waals surface area contributed by atoms with Crippen molar-refractivity contribution in [2.45, 2.75) is 43.9 Å². The third-order valence-corrected chi connectivity index (χ3v) is 7.48. The van der Waals surface area contributed by atoms with Gasteiger partial charge in [0.25, 0.3) is 5.91 Å². The quantitative estimate of drug-likeness (QED) is 0.567. The molecule has 2 fully saturated rings. The molecule has 2 aromatic rings. The van der Waals surface area contributed by atoms with Gasteiger partial charge in [0.1, 0.15) is 5.82 Å². The van der Waals surface area contributed by atoms with E-state index in [1.807, 2.05) is 11.8 Å². The average molecular weight is 558 g/mol. The number of hydrogen-bond acceptors (Lipinski definition) is 10. The summed E-state index contributed by atoms with van der Waals surface area (Å²) in [6, 6.07) is 0. The van der Waals surface area contributed by atoms with Crippen molar-refractivity contribution in [2.24, 2.45) is 5.73 Å². The molecule has 0 unspecified atom stereocenters. The molecule has 3 aliphatic heterocycles. The van der Waals surface area contributed by atoms with Gasteiger partial charge in [0, 0.05) is 56.2 Å². The Morgan fingerprint density at radius 3 is 2.39 bits per heavy atom. The van der Waals surface area contributed by atoms with Gasteiger partial charge in [-0.1, -0.05) is 0 Å². The summed E-state index contributed by atoms with van der Waals surface area (Å²) in [5.41, 5.74) is 9.83. The fourth-order valence-corrected chi connectivity index (χ4v) is 5.16. The number of nitrogens with two attached hydrogens (primary N) is 2. The molecular weight excluding hydrogens is 527 g/mol. The summed E-state index contributed by atoms with van der Waals surface area (Å²) in [4.78, 5) is 36.1. The van der Waals surface area contributed by atoms with Crippen LogP contribution in [0.25, 0.3) is 11.3 Å². The molecule has 2 aromatic heterocycles. The third-order valence-electron chi connectivity index (χ3n) is 7.48. The molecule has 5 rings (SSSR count). The Labute approximate surface area is 224 Å². The highest BCUT2D eigenvalue weighted by Crippen LogP contribution is 2.42. The Morgan fingerprint density at radius 1 is 1.11 bits per heavy atom. The van der Waals surface area contributed by atoms with Gasteiger partial charge < -0.3 is 30.9 Å². The van der Waals surface area contributed by atoms with Crippen LogP contribution in [0.5, 0.6) is 0 Å². The molecule has 1 amide bonds. The molecule has 38 heavy (non-hydrogen) atoms. The molecule has 4 N–H and O–H groups in total. The molecule has 11 nitrogen and oxygen atoms in total. The summed E-state index contributed by atoms with van der Waals surface area (Å²) in [5, 5.41) is 0. The number of anilines is 3. The molecule has 2 saturated heterocycles. The van der Waals surface area contributed by atoms with Crippen molar-refractivity contribution in [3.8, 4) is 11.3 Å². The van der Waals surface area contributed by atoms with Gasteiger partial charge in [-0.15, -0.1) is 12.4 Å². The second kappa shape index (κ2) is 9.97. The van der Waals surface area contributed by atoms with Crippen LogP contribution in [0.1, 0.15) is 25.8 Å². The summed E-state index contributed by atoms with van der Waals surface area (Å²) < 4.78 is 45.8. The van der Waals surface area contributed by atoms with Gasteiger partial charge in [-0.3, -0.25) is 4.79 Å². The molecule has 0 bridgehead atoms. The van der Waals surface area contributed by atoms with Crippen molar-refractivity contribution in [1.29, 1.82) is 0 Å². The number of hydrogen-bond donors (Lipinski definition) is 2. The van der Waals surface area contributed by atoms with E-state index in [4.69, 9.17) is 26.2 Å². The lowest BCUT2D eigenvalue weighted by molar-refractivity contribution is -0.193. The lowest BCUT2D eigenvalue weighted by Crippen LogP contribution is -2.62. The Balaban J connectivity index is 0.00000336. The van der Waals surface area contributed by atoms with Gasteiger partial charge in [0.15, 0.2) is 5.54 Å². The number of alkyl halides is 3. The number of halogens is 4. The van der Waals surface area contributed by atoms with E-state index < -0.39 is 23.2 Å². The Kier molecular flexibility index (Phi) is 7.36. The molecule has 5 heterocycles. The van der Waals surface area contributed by atoms with E-state index in [0.29, 0.717) is 68.7 Å². The first-order chi connectivity index (χ1) is 17.4. The summed E-state index contributed by atoms with van der Waals surface area (Å²) in [6.45, 7) is 5.88. The minimum absolute atomic E-state index is 0. The van der Waals surface area contributed by atoms with Crippen molar-refractivity contribution in [1.82, 2.24) is 24.8 Å². The van der Waals surface area contributed by atoms with Crippen molar-refractivity contribution in [2.75, 3.05) is 61.5 Å². The largest absolute Gasteiger partial charge is 0.415 e. The zero-order valence-electron chi connectivity index (χ0n) is 21.2. The van der Waals surface area contributed by atoms with Gasteiger partial charge >= 0.3 is 6.18 Å². The molecule has 2 atom stereocenters. The maximum atomic E-state index is 13.4. The Bertz CT molecular complexity index is 1190. The van der Waals surface area contributed by atoms with E-state index in [-0.39, 0.29) is 31.4 Å². The second-order valence-electron chi connectivity index (χ2n) is 10.2. The van der Waals surface area contributed by atoms with Crippen LogP contribution in [0, 0.1) is 0 Å². The molecule has 0 aromatic carbocycles. The first kappa shape index (κ1) is 28.0. The van der Waals surface area contributed by atoms with Crippen LogP contribution in [0.15, 0.2) is 12.4 Å². The predicted molar refractivity (Wildman–Crippen MR) is 137 cm³/mol. The Hall–Kier alpha value is -2.97.